The molecule has 7 heteroatoms. The second-order valence-corrected chi connectivity index (χ2v) is 6.81. The lowest BCUT2D eigenvalue weighted by atomic mass is 10.1. The molecule has 0 fully saturated rings. The molecule has 0 radical (unpaired) electrons. The van der Waals surface area contributed by atoms with E-state index in [0.29, 0.717) is 11.3 Å². The van der Waals surface area contributed by atoms with Gasteiger partial charge in [-0.25, -0.2) is 4.98 Å². The molecule has 0 aliphatic carbocycles. The Hall–Kier alpha value is -3.74. The highest BCUT2D eigenvalue weighted by atomic mass is 19.3. The lowest BCUT2D eigenvalue weighted by Crippen LogP contribution is -2.14. The first-order valence-corrected chi connectivity index (χ1v) is 9.35. The van der Waals surface area contributed by atoms with Crippen molar-refractivity contribution in [1.29, 1.82) is 0 Å². The van der Waals surface area contributed by atoms with Gasteiger partial charge in [0.05, 0.1) is 17.5 Å². The number of amides is 1. The Morgan fingerprint density at radius 3 is 2.40 bits per heavy atom. The molecule has 0 aliphatic rings. The van der Waals surface area contributed by atoms with Gasteiger partial charge in [-0.3, -0.25) is 4.79 Å². The number of carbonyl (C=O) groups is 1. The Balaban J connectivity index is 1.41. The minimum atomic E-state index is -2.87. The maximum Gasteiger partial charge on any atom is 0.387 e. The number of alkyl halides is 2. The predicted octanol–water partition coefficient (Wildman–Crippen LogP) is 5.02. The number of para-hydroxylation sites is 2. The number of fused-ring (bicyclic) bond motifs is 1. The molecule has 4 aromatic rings. The number of imidazole rings is 1. The molecule has 0 bridgehead atoms. The summed E-state index contributed by atoms with van der Waals surface area (Å²) in [6.07, 6.45) is 0.126. The topological polar surface area (TPSA) is 56.2 Å². The highest BCUT2D eigenvalue weighted by Gasteiger charge is 2.10. The molecule has 5 nitrogen and oxygen atoms in total. The van der Waals surface area contributed by atoms with E-state index in [1.807, 2.05) is 60.1 Å². The zero-order chi connectivity index (χ0) is 21.1. The lowest BCUT2D eigenvalue weighted by molar-refractivity contribution is -0.115. The van der Waals surface area contributed by atoms with Crippen LogP contribution in [0.25, 0.3) is 22.4 Å². The Kier molecular flexibility index (Phi) is 5.43. The summed E-state index contributed by atoms with van der Waals surface area (Å²) in [6, 6.07) is 21.4. The summed E-state index contributed by atoms with van der Waals surface area (Å²) in [5.41, 5.74) is 4.29. The molecule has 30 heavy (non-hydrogen) atoms. The summed E-state index contributed by atoms with van der Waals surface area (Å²) >= 11 is 0. The Morgan fingerprint density at radius 2 is 1.73 bits per heavy atom. The van der Waals surface area contributed by atoms with Crippen molar-refractivity contribution >= 4 is 22.6 Å². The molecule has 1 aromatic heterocycles. The van der Waals surface area contributed by atoms with Gasteiger partial charge in [0, 0.05) is 18.3 Å². The van der Waals surface area contributed by atoms with Crippen LogP contribution < -0.4 is 10.1 Å². The standard InChI is InChI=1S/C23H19F2N3O2/c1-28-20-5-3-2-4-19(20)27-22(28)16-8-10-17(11-9-16)26-21(29)14-15-6-12-18(13-7-15)30-23(24)25/h2-13,23H,14H2,1H3,(H,26,29). The molecule has 0 saturated heterocycles. The van der Waals surface area contributed by atoms with Gasteiger partial charge >= 0.3 is 6.61 Å². The van der Waals surface area contributed by atoms with Crippen molar-refractivity contribution in [2.45, 2.75) is 13.0 Å². The minimum absolute atomic E-state index is 0.0618. The van der Waals surface area contributed by atoms with Gasteiger partial charge in [0.1, 0.15) is 11.6 Å². The number of hydrogen-bond acceptors (Lipinski definition) is 3. The number of hydrogen-bond donors (Lipinski definition) is 1. The zero-order valence-corrected chi connectivity index (χ0v) is 16.2. The van der Waals surface area contributed by atoms with Crippen LogP contribution in [0.15, 0.2) is 72.8 Å². The normalized spacial score (nSPS) is 11.1. The van der Waals surface area contributed by atoms with E-state index >= 15 is 0 Å². The van der Waals surface area contributed by atoms with Crippen LogP contribution in [0.3, 0.4) is 0 Å². The summed E-state index contributed by atoms with van der Waals surface area (Å²) in [7, 11) is 1.97. The Bertz CT molecular complexity index is 1170. The van der Waals surface area contributed by atoms with Crippen LogP contribution in [0.1, 0.15) is 5.56 Å². The van der Waals surface area contributed by atoms with E-state index in [9.17, 15) is 13.6 Å². The minimum Gasteiger partial charge on any atom is -0.435 e. The van der Waals surface area contributed by atoms with Crippen LogP contribution in [0.5, 0.6) is 5.75 Å². The van der Waals surface area contributed by atoms with Crippen molar-refractivity contribution < 1.29 is 18.3 Å². The van der Waals surface area contributed by atoms with E-state index < -0.39 is 6.61 Å². The highest BCUT2D eigenvalue weighted by Crippen LogP contribution is 2.25. The number of carbonyl (C=O) groups excluding carboxylic acids is 1. The van der Waals surface area contributed by atoms with Gasteiger partial charge < -0.3 is 14.6 Å². The second kappa shape index (κ2) is 8.32. The lowest BCUT2D eigenvalue weighted by Gasteiger charge is -2.08. The van der Waals surface area contributed by atoms with Crippen LogP contribution in [0, 0.1) is 0 Å². The summed E-state index contributed by atoms with van der Waals surface area (Å²) in [5, 5.41) is 2.84. The number of nitrogens with zero attached hydrogens (tertiary/aromatic N) is 2. The zero-order valence-electron chi connectivity index (χ0n) is 16.2. The van der Waals surface area contributed by atoms with Crippen LogP contribution >= 0.6 is 0 Å². The average Bonchev–Trinajstić information content (AvgIpc) is 3.06. The molecule has 0 saturated carbocycles. The van der Waals surface area contributed by atoms with Crippen LogP contribution in [0.4, 0.5) is 14.5 Å². The van der Waals surface area contributed by atoms with E-state index in [2.05, 4.69) is 15.0 Å². The van der Waals surface area contributed by atoms with E-state index in [0.717, 1.165) is 22.4 Å². The summed E-state index contributed by atoms with van der Waals surface area (Å²) in [4.78, 5) is 17.0. The molecule has 152 valence electrons. The van der Waals surface area contributed by atoms with E-state index in [4.69, 9.17) is 0 Å². The van der Waals surface area contributed by atoms with Crippen molar-refractivity contribution in [2.24, 2.45) is 7.05 Å². The van der Waals surface area contributed by atoms with Crippen LogP contribution in [0.2, 0.25) is 0 Å². The number of nitrogens with one attached hydrogen (secondary N) is 1. The third-order valence-corrected chi connectivity index (χ3v) is 4.73. The second-order valence-electron chi connectivity index (χ2n) is 6.81. The van der Waals surface area contributed by atoms with Gasteiger partial charge in [-0.1, -0.05) is 24.3 Å². The van der Waals surface area contributed by atoms with Crippen molar-refractivity contribution in [1.82, 2.24) is 9.55 Å². The molecule has 0 unspecified atom stereocenters. The smallest absolute Gasteiger partial charge is 0.387 e. The largest absolute Gasteiger partial charge is 0.435 e. The maximum atomic E-state index is 12.3. The fraction of sp³-hybridized carbons (Fsp3) is 0.130. The van der Waals surface area contributed by atoms with E-state index in [-0.39, 0.29) is 18.1 Å². The molecule has 0 spiro atoms. The monoisotopic (exact) mass is 407 g/mol. The van der Waals surface area contributed by atoms with Crippen molar-refractivity contribution in [3.63, 3.8) is 0 Å². The highest BCUT2D eigenvalue weighted by molar-refractivity contribution is 5.92. The first-order valence-electron chi connectivity index (χ1n) is 9.35. The number of aryl methyl sites for hydroxylation is 1. The van der Waals surface area contributed by atoms with Gasteiger partial charge in [0.25, 0.3) is 0 Å². The molecule has 1 N–H and O–H groups in total. The number of rotatable bonds is 6. The number of ether oxygens (including phenoxy) is 1. The molecular weight excluding hydrogens is 388 g/mol. The summed E-state index contributed by atoms with van der Waals surface area (Å²) < 4.78 is 30.7. The number of benzene rings is 3. The first-order chi connectivity index (χ1) is 14.5. The third-order valence-electron chi connectivity index (χ3n) is 4.73. The fourth-order valence-corrected chi connectivity index (χ4v) is 3.29. The molecule has 3 aromatic carbocycles. The molecule has 4 rings (SSSR count). The van der Waals surface area contributed by atoms with Crippen LogP contribution in [-0.4, -0.2) is 22.1 Å². The fourth-order valence-electron chi connectivity index (χ4n) is 3.29. The third kappa shape index (κ3) is 4.30. The Morgan fingerprint density at radius 1 is 1.03 bits per heavy atom. The van der Waals surface area contributed by atoms with Gasteiger partial charge in [-0.15, -0.1) is 0 Å². The SMILES string of the molecule is Cn1c(-c2ccc(NC(=O)Cc3ccc(OC(F)F)cc3)cc2)nc2ccccc21. The van der Waals surface area contributed by atoms with Crippen molar-refractivity contribution in [2.75, 3.05) is 5.32 Å². The summed E-state index contributed by atoms with van der Waals surface area (Å²) in [6.45, 7) is -2.87. The molecule has 0 aliphatic heterocycles. The van der Waals surface area contributed by atoms with Crippen LogP contribution in [-0.2, 0) is 18.3 Å². The molecule has 1 amide bonds. The summed E-state index contributed by atoms with van der Waals surface area (Å²) in [5.74, 6) is 0.708. The van der Waals surface area contributed by atoms with Gasteiger partial charge in [0.2, 0.25) is 5.91 Å². The number of anilines is 1. The number of halogens is 2. The molecule has 0 atom stereocenters. The predicted molar refractivity (Wildman–Crippen MR) is 112 cm³/mol. The molecule has 1 heterocycles. The van der Waals surface area contributed by atoms with E-state index in [1.54, 1.807) is 12.1 Å². The quantitative estimate of drug-likeness (QED) is 0.488. The van der Waals surface area contributed by atoms with Gasteiger partial charge in [-0.05, 0) is 54.1 Å². The van der Waals surface area contributed by atoms with Crippen molar-refractivity contribution in [3.8, 4) is 17.1 Å². The number of aromatic nitrogens is 2. The van der Waals surface area contributed by atoms with Gasteiger partial charge in [-0.2, -0.15) is 8.78 Å². The Labute approximate surface area is 171 Å². The first kappa shape index (κ1) is 19.6. The maximum absolute atomic E-state index is 12.3. The molecular formula is C23H19F2N3O2. The van der Waals surface area contributed by atoms with Gasteiger partial charge in [0.15, 0.2) is 0 Å². The van der Waals surface area contributed by atoms with Crippen molar-refractivity contribution in [3.05, 3.63) is 78.4 Å². The van der Waals surface area contributed by atoms with E-state index in [1.165, 1.54) is 12.1 Å². The average molecular weight is 407 g/mol.